The second-order valence-electron chi connectivity index (χ2n) is 7.48. The largest absolute Gasteiger partial charge is 0.493 e. The Morgan fingerprint density at radius 1 is 1.36 bits per heavy atom. The van der Waals surface area contributed by atoms with Crippen LogP contribution in [0.3, 0.4) is 0 Å². The lowest BCUT2D eigenvalue weighted by molar-refractivity contribution is -0.180. The van der Waals surface area contributed by atoms with E-state index in [1.54, 1.807) is 7.11 Å². The first-order chi connectivity index (χ1) is 10.6. The molecule has 2 fully saturated rings. The van der Waals surface area contributed by atoms with E-state index in [0.29, 0.717) is 0 Å². The number of likely N-dealkylation sites (N-methyl/N-ethyl adjacent to an activating group) is 1. The van der Waals surface area contributed by atoms with Gasteiger partial charge in [-0.1, -0.05) is 6.07 Å². The van der Waals surface area contributed by atoms with Gasteiger partial charge in [0.2, 0.25) is 0 Å². The van der Waals surface area contributed by atoms with Gasteiger partial charge in [-0.2, -0.15) is 0 Å². The standard InChI is InChI=1S/C18H23NO3/c1-19-9-8-17-14-4-3-7-18(17,20)13(19)10-11-5-6-12(21-2)16(22-14)15(11)17/h5-6,13-14,20H,3-4,7-10H2,1-2H3/t13?,14-,17+,18+/m0/s1. The van der Waals surface area contributed by atoms with Crippen LogP contribution in [0.15, 0.2) is 12.1 Å². The van der Waals surface area contributed by atoms with Gasteiger partial charge in [0.05, 0.1) is 18.1 Å². The minimum absolute atomic E-state index is 0.104. The Morgan fingerprint density at radius 2 is 2.23 bits per heavy atom. The van der Waals surface area contributed by atoms with E-state index in [4.69, 9.17) is 9.47 Å². The summed E-state index contributed by atoms with van der Waals surface area (Å²) < 4.78 is 11.9. The molecule has 1 unspecified atom stereocenters. The van der Waals surface area contributed by atoms with Crippen LogP contribution in [0.1, 0.15) is 36.8 Å². The van der Waals surface area contributed by atoms with E-state index < -0.39 is 5.60 Å². The van der Waals surface area contributed by atoms with Crippen molar-refractivity contribution in [3.05, 3.63) is 23.3 Å². The van der Waals surface area contributed by atoms with E-state index in [0.717, 1.165) is 50.1 Å². The normalized spacial score (nSPS) is 41.8. The van der Waals surface area contributed by atoms with Gasteiger partial charge < -0.3 is 19.5 Å². The second kappa shape index (κ2) is 3.98. The molecule has 118 valence electrons. The Labute approximate surface area is 131 Å². The predicted molar refractivity (Wildman–Crippen MR) is 82.6 cm³/mol. The minimum Gasteiger partial charge on any atom is -0.493 e. The third-order valence-electron chi connectivity index (χ3n) is 6.84. The first-order valence-corrected chi connectivity index (χ1v) is 8.41. The highest BCUT2D eigenvalue weighted by Gasteiger charge is 2.70. The first kappa shape index (κ1) is 13.2. The monoisotopic (exact) mass is 301 g/mol. The minimum atomic E-state index is -0.659. The lowest BCUT2D eigenvalue weighted by Gasteiger charge is -2.62. The van der Waals surface area contributed by atoms with Gasteiger partial charge >= 0.3 is 0 Å². The number of nitrogens with zero attached hydrogens (tertiary/aromatic N) is 1. The maximum atomic E-state index is 11.8. The van der Waals surface area contributed by atoms with Crippen molar-refractivity contribution in [2.45, 2.75) is 55.3 Å². The number of ether oxygens (including phenoxy) is 2. The van der Waals surface area contributed by atoms with Gasteiger partial charge in [0.1, 0.15) is 6.10 Å². The number of rotatable bonds is 1. The SMILES string of the molecule is COc1ccc2c3c1O[C@H]1CCC[C@@]4(O)C(C2)N(C)CC[C@]314. The number of methoxy groups -OCH3 is 1. The van der Waals surface area contributed by atoms with Gasteiger partial charge in [-0.15, -0.1) is 0 Å². The Bertz CT molecular complexity index is 660. The Morgan fingerprint density at radius 3 is 3.05 bits per heavy atom. The molecule has 1 saturated heterocycles. The summed E-state index contributed by atoms with van der Waals surface area (Å²) in [6.45, 7) is 1.03. The molecular weight excluding hydrogens is 278 g/mol. The molecule has 1 N–H and O–H groups in total. The van der Waals surface area contributed by atoms with Crippen molar-refractivity contribution in [2.24, 2.45) is 0 Å². The van der Waals surface area contributed by atoms with Gasteiger partial charge in [0.25, 0.3) is 0 Å². The highest BCUT2D eigenvalue weighted by atomic mass is 16.5. The van der Waals surface area contributed by atoms with Crippen molar-refractivity contribution in [1.29, 1.82) is 0 Å². The van der Waals surface area contributed by atoms with Crippen molar-refractivity contribution in [3.63, 3.8) is 0 Å². The third-order valence-corrected chi connectivity index (χ3v) is 6.84. The summed E-state index contributed by atoms with van der Waals surface area (Å²) in [5.41, 5.74) is 1.73. The molecule has 2 aliphatic heterocycles. The zero-order valence-corrected chi connectivity index (χ0v) is 13.3. The Kier molecular flexibility index (Phi) is 2.39. The molecule has 0 radical (unpaired) electrons. The smallest absolute Gasteiger partial charge is 0.165 e. The summed E-state index contributed by atoms with van der Waals surface area (Å²) in [7, 11) is 3.86. The second-order valence-corrected chi connectivity index (χ2v) is 7.48. The molecule has 0 aromatic heterocycles. The molecular formula is C18H23NO3. The number of likely N-dealkylation sites (tertiary alicyclic amines) is 1. The van der Waals surface area contributed by atoms with Crippen LogP contribution in [0.5, 0.6) is 11.5 Å². The van der Waals surface area contributed by atoms with Crippen LogP contribution in [0, 0.1) is 0 Å². The van der Waals surface area contributed by atoms with Crippen LogP contribution in [0.4, 0.5) is 0 Å². The fourth-order valence-electron chi connectivity index (χ4n) is 5.90. The molecule has 1 aromatic carbocycles. The van der Waals surface area contributed by atoms with Crippen LogP contribution in [0.2, 0.25) is 0 Å². The summed E-state index contributed by atoms with van der Waals surface area (Å²) in [4.78, 5) is 2.36. The van der Waals surface area contributed by atoms with E-state index in [-0.39, 0.29) is 17.6 Å². The molecule has 1 spiro atoms. The number of benzene rings is 1. The number of piperidine rings is 1. The maximum absolute atomic E-state index is 11.8. The van der Waals surface area contributed by atoms with Crippen molar-refractivity contribution in [3.8, 4) is 11.5 Å². The lowest BCUT2D eigenvalue weighted by Crippen LogP contribution is -2.74. The van der Waals surface area contributed by atoms with Crippen molar-refractivity contribution >= 4 is 0 Å². The number of hydrogen-bond acceptors (Lipinski definition) is 4. The van der Waals surface area contributed by atoms with Crippen LogP contribution < -0.4 is 9.47 Å². The molecule has 1 aromatic rings. The highest BCUT2D eigenvalue weighted by Crippen LogP contribution is 2.65. The van der Waals surface area contributed by atoms with Gasteiger partial charge in [0.15, 0.2) is 11.5 Å². The van der Waals surface area contributed by atoms with Gasteiger partial charge in [-0.25, -0.2) is 0 Å². The van der Waals surface area contributed by atoms with E-state index in [9.17, 15) is 5.11 Å². The molecule has 5 rings (SSSR count). The van der Waals surface area contributed by atoms with Gasteiger partial charge in [-0.05, 0) is 57.3 Å². The summed E-state index contributed by atoms with van der Waals surface area (Å²) >= 11 is 0. The molecule has 2 heterocycles. The van der Waals surface area contributed by atoms with Crippen LogP contribution in [-0.4, -0.2) is 48.5 Å². The summed E-state index contributed by atoms with van der Waals surface area (Å²) in [6, 6.07) is 4.42. The molecule has 4 atom stereocenters. The topological polar surface area (TPSA) is 41.9 Å². The van der Waals surface area contributed by atoms with Crippen molar-refractivity contribution in [2.75, 3.05) is 20.7 Å². The number of aliphatic hydroxyl groups is 1. The Balaban J connectivity index is 1.84. The van der Waals surface area contributed by atoms with Crippen LogP contribution in [0.25, 0.3) is 0 Å². The van der Waals surface area contributed by atoms with E-state index in [1.807, 2.05) is 6.07 Å². The highest BCUT2D eigenvalue weighted by molar-refractivity contribution is 5.62. The Hall–Kier alpha value is -1.26. The molecule has 0 amide bonds. The van der Waals surface area contributed by atoms with Gasteiger partial charge in [0, 0.05) is 11.6 Å². The summed E-state index contributed by atoms with van der Waals surface area (Å²) in [5, 5.41) is 11.8. The van der Waals surface area contributed by atoms with E-state index in [1.165, 1.54) is 11.1 Å². The van der Waals surface area contributed by atoms with E-state index in [2.05, 4.69) is 18.0 Å². The fraction of sp³-hybridized carbons (Fsp3) is 0.667. The van der Waals surface area contributed by atoms with E-state index >= 15 is 0 Å². The first-order valence-electron chi connectivity index (χ1n) is 8.41. The zero-order chi connectivity index (χ0) is 15.1. The van der Waals surface area contributed by atoms with Crippen LogP contribution in [-0.2, 0) is 11.8 Å². The third kappa shape index (κ3) is 1.21. The number of hydrogen-bond donors (Lipinski definition) is 1. The molecule has 4 nitrogen and oxygen atoms in total. The molecule has 4 aliphatic rings. The van der Waals surface area contributed by atoms with Crippen LogP contribution >= 0.6 is 0 Å². The van der Waals surface area contributed by atoms with Crippen molar-refractivity contribution < 1.29 is 14.6 Å². The summed E-state index contributed by atoms with van der Waals surface area (Å²) in [5.74, 6) is 1.73. The zero-order valence-electron chi connectivity index (χ0n) is 13.3. The predicted octanol–water partition coefficient (Wildman–Crippen LogP) is 1.87. The average Bonchev–Trinajstić information content (AvgIpc) is 2.85. The molecule has 1 saturated carbocycles. The molecule has 2 bridgehead atoms. The lowest BCUT2D eigenvalue weighted by atomic mass is 9.49. The van der Waals surface area contributed by atoms with Gasteiger partial charge in [-0.3, -0.25) is 0 Å². The average molecular weight is 301 g/mol. The molecule has 2 aliphatic carbocycles. The van der Waals surface area contributed by atoms with Crippen molar-refractivity contribution in [1.82, 2.24) is 4.90 Å². The quantitative estimate of drug-likeness (QED) is 0.860. The molecule has 4 heteroatoms. The molecule has 22 heavy (non-hydrogen) atoms. The summed E-state index contributed by atoms with van der Waals surface area (Å²) in [6.07, 6.45) is 4.96. The maximum Gasteiger partial charge on any atom is 0.165 e. The fourth-order valence-corrected chi connectivity index (χ4v) is 5.90.